The summed E-state index contributed by atoms with van der Waals surface area (Å²) in [5, 5.41) is 16.8. The number of benzene rings is 2. The van der Waals surface area contributed by atoms with Gasteiger partial charge in [0.2, 0.25) is 0 Å². The monoisotopic (exact) mass is 429 g/mol. The second-order valence-corrected chi connectivity index (χ2v) is 8.44. The minimum Gasteiger partial charge on any atom is -0.459 e. The minimum atomic E-state index is -3.56. The number of rotatable bonds is 8. The highest BCUT2D eigenvalue weighted by Crippen LogP contribution is 2.27. The Morgan fingerprint density at radius 3 is 2.50 bits per heavy atom. The van der Waals surface area contributed by atoms with E-state index in [0.717, 1.165) is 17.9 Å². The quantitative estimate of drug-likeness (QED) is 0.319. The fourth-order valence-corrected chi connectivity index (χ4v) is 3.47. The third-order valence-electron chi connectivity index (χ3n) is 4.28. The summed E-state index contributed by atoms with van der Waals surface area (Å²) in [6.07, 6.45) is 2.41. The number of furan rings is 1. The molecule has 3 rings (SSSR count). The van der Waals surface area contributed by atoms with Crippen LogP contribution in [0.1, 0.15) is 10.6 Å². The summed E-state index contributed by atoms with van der Waals surface area (Å²) in [6.45, 7) is 0.352. The molecule has 156 valence electrons. The molecule has 0 aliphatic carbocycles. The molecule has 0 saturated heterocycles. The van der Waals surface area contributed by atoms with Crippen LogP contribution in [-0.4, -0.2) is 38.6 Å². The van der Waals surface area contributed by atoms with Crippen LogP contribution in [0.3, 0.4) is 0 Å². The maximum Gasteiger partial charge on any atom is 0.293 e. The number of nitro benzene ring substituents is 1. The summed E-state index contributed by atoms with van der Waals surface area (Å²) < 4.78 is 28.5. The normalized spacial score (nSPS) is 11.1. The minimum absolute atomic E-state index is 0.140. The van der Waals surface area contributed by atoms with Gasteiger partial charge in [0.05, 0.1) is 16.1 Å². The Bertz CT molecular complexity index is 1170. The fourth-order valence-electron chi connectivity index (χ4n) is 2.83. The van der Waals surface area contributed by atoms with Crippen molar-refractivity contribution in [3.05, 3.63) is 76.7 Å². The molecule has 2 aromatic carbocycles. The Labute approximate surface area is 172 Å². The lowest BCUT2D eigenvalue weighted by Crippen LogP contribution is -2.28. The number of nitrogens with one attached hydrogen (secondary N) is 2. The summed E-state index contributed by atoms with van der Waals surface area (Å²) in [6, 6.07) is 14.6. The van der Waals surface area contributed by atoms with Gasteiger partial charge in [-0.15, -0.1) is 0 Å². The van der Waals surface area contributed by atoms with Gasteiger partial charge in [0.25, 0.3) is 11.6 Å². The largest absolute Gasteiger partial charge is 0.459 e. The van der Waals surface area contributed by atoms with Gasteiger partial charge in [-0.05, 0) is 23.8 Å². The second-order valence-electron chi connectivity index (χ2n) is 6.42. The van der Waals surface area contributed by atoms with E-state index in [1.807, 2.05) is 30.3 Å². The molecule has 0 spiro atoms. The summed E-state index contributed by atoms with van der Waals surface area (Å²) >= 11 is 0. The van der Waals surface area contributed by atoms with Crippen LogP contribution in [0.2, 0.25) is 0 Å². The van der Waals surface area contributed by atoms with E-state index in [1.54, 1.807) is 6.07 Å². The van der Waals surface area contributed by atoms with Crippen molar-refractivity contribution in [3.63, 3.8) is 0 Å². The van der Waals surface area contributed by atoms with Crippen molar-refractivity contribution in [2.75, 3.05) is 24.7 Å². The van der Waals surface area contributed by atoms with E-state index in [9.17, 15) is 23.3 Å². The molecule has 30 heavy (non-hydrogen) atoms. The zero-order chi connectivity index (χ0) is 21.7. The second kappa shape index (κ2) is 8.78. The van der Waals surface area contributed by atoms with Gasteiger partial charge in [0.1, 0.15) is 5.69 Å². The molecule has 0 aliphatic rings. The molecule has 1 aromatic heterocycles. The van der Waals surface area contributed by atoms with Crippen LogP contribution in [0.25, 0.3) is 11.1 Å². The van der Waals surface area contributed by atoms with Crippen LogP contribution >= 0.6 is 0 Å². The van der Waals surface area contributed by atoms with Gasteiger partial charge in [-0.3, -0.25) is 14.9 Å². The predicted molar refractivity (Wildman–Crippen MR) is 111 cm³/mol. The smallest absolute Gasteiger partial charge is 0.293 e. The molecule has 0 saturated carbocycles. The van der Waals surface area contributed by atoms with Crippen molar-refractivity contribution in [2.45, 2.75) is 4.90 Å². The highest BCUT2D eigenvalue weighted by atomic mass is 32.2. The first-order valence-electron chi connectivity index (χ1n) is 8.91. The van der Waals surface area contributed by atoms with E-state index in [-0.39, 0.29) is 35.1 Å². The summed E-state index contributed by atoms with van der Waals surface area (Å²) in [5.41, 5.74) is 1.30. The van der Waals surface area contributed by atoms with Crippen molar-refractivity contribution in [2.24, 2.45) is 0 Å². The Balaban J connectivity index is 1.63. The lowest BCUT2D eigenvalue weighted by Gasteiger charge is -2.09. The van der Waals surface area contributed by atoms with Crippen LogP contribution < -0.4 is 10.6 Å². The van der Waals surface area contributed by atoms with Crippen LogP contribution in [0.15, 0.2) is 70.2 Å². The van der Waals surface area contributed by atoms with E-state index in [1.165, 1.54) is 18.4 Å². The van der Waals surface area contributed by atoms with Crippen molar-refractivity contribution in [1.82, 2.24) is 5.32 Å². The summed E-state index contributed by atoms with van der Waals surface area (Å²) in [4.78, 5) is 22.9. The number of nitrogens with zero attached hydrogens (tertiary/aromatic N) is 1. The van der Waals surface area contributed by atoms with Crippen molar-refractivity contribution >= 4 is 27.1 Å². The number of hydrogen-bond donors (Lipinski definition) is 2. The summed E-state index contributed by atoms with van der Waals surface area (Å²) in [5.74, 6) is -0.243. The molecular formula is C20H19N3O6S. The molecule has 1 amide bonds. The maximum absolute atomic E-state index is 12.4. The Kier molecular flexibility index (Phi) is 6.17. The molecule has 0 fully saturated rings. The first-order chi connectivity index (χ1) is 14.3. The maximum atomic E-state index is 12.4. The van der Waals surface area contributed by atoms with Gasteiger partial charge in [-0.25, -0.2) is 8.42 Å². The van der Waals surface area contributed by atoms with E-state index in [0.29, 0.717) is 5.56 Å². The van der Waals surface area contributed by atoms with Crippen LogP contribution in [0.4, 0.5) is 11.4 Å². The van der Waals surface area contributed by atoms with E-state index in [2.05, 4.69) is 10.6 Å². The molecule has 0 aliphatic heterocycles. The van der Waals surface area contributed by atoms with Crippen molar-refractivity contribution < 1.29 is 22.6 Å². The molecule has 0 bridgehead atoms. The molecule has 3 aromatic rings. The van der Waals surface area contributed by atoms with Gasteiger partial charge in [-0.2, -0.15) is 0 Å². The average molecular weight is 429 g/mol. The topological polar surface area (TPSA) is 132 Å². The third kappa shape index (κ3) is 4.84. The Hall–Kier alpha value is -3.66. The fraction of sp³-hybridized carbons (Fsp3) is 0.150. The van der Waals surface area contributed by atoms with E-state index >= 15 is 0 Å². The Morgan fingerprint density at radius 1 is 1.10 bits per heavy atom. The number of sulfone groups is 1. The zero-order valence-corrected chi connectivity index (χ0v) is 16.8. The predicted octanol–water partition coefficient (Wildman–Crippen LogP) is 3.10. The number of nitro groups is 1. The lowest BCUT2D eigenvalue weighted by atomic mass is 10.1. The number of hydrogen-bond acceptors (Lipinski definition) is 7. The average Bonchev–Trinajstić information content (AvgIpc) is 3.21. The third-order valence-corrected chi connectivity index (χ3v) is 5.39. The van der Waals surface area contributed by atoms with Gasteiger partial charge in [-0.1, -0.05) is 30.3 Å². The molecule has 2 N–H and O–H groups in total. The van der Waals surface area contributed by atoms with Crippen LogP contribution in [0, 0.1) is 10.1 Å². The number of anilines is 1. The highest BCUT2D eigenvalue weighted by molar-refractivity contribution is 7.90. The number of amides is 1. The highest BCUT2D eigenvalue weighted by Gasteiger charge is 2.19. The molecule has 0 unspecified atom stereocenters. The molecule has 0 atom stereocenters. The molecule has 0 radical (unpaired) electrons. The Morgan fingerprint density at radius 2 is 1.83 bits per heavy atom. The lowest BCUT2D eigenvalue weighted by molar-refractivity contribution is -0.384. The van der Waals surface area contributed by atoms with Gasteiger partial charge < -0.3 is 15.1 Å². The standard InChI is InChI=1S/C20H19N3O6S/c1-30(27,28)15-7-8-17(18(13-15)23(25)26)21-10-11-22-20(24)19-16(9-12-29-19)14-5-3-2-4-6-14/h2-9,12-13,21H,10-11H2,1H3,(H,22,24). The number of carbonyl (C=O) groups excluding carboxylic acids is 1. The number of carbonyl (C=O) groups is 1. The van der Waals surface area contributed by atoms with Gasteiger partial charge >= 0.3 is 0 Å². The SMILES string of the molecule is CS(=O)(=O)c1ccc(NCCNC(=O)c2occc2-c2ccccc2)c([N+](=O)[O-])c1. The molecular weight excluding hydrogens is 410 g/mol. The molecule has 9 nitrogen and oxygen atoms in total. The van der Waals surface area contributed by atoms with Gasteiger partial charge in [0.15, 0.2) is 15.6 Å². The van der Waals surface area contributed by atoms with Crippen molar-refractivity contribution in [1.29, 1.82) is 0 Å². The van der Waals surface area contributed by atoms with Crippen molar-refractivity contribution in [3.8, 4) is 11.1 Å². The molecule has 1 heterocycles. The first-order valence-corrected chi connectivity index (χ1v) is 10.8. The van der Waals surface area contributed by atoms with Gasteiger partial charge in [0, 0.05) is 31.0 Å². The van der Waals surface area contributed by atoms with E-state index < -0.39 is 20.7 Å². The van der Waals surface area contributed by atoms with Crippen LogP contribution in [0.5, 0.6) is 0 Å². The summed E-state index contributed by atoms with van der Waals surface area (Å²) in [7, 11) is -3.56. The van der Waals surface area contributed by atoms with E-state index in [4.69, 9.17) is 4.42 Å². The molecule has 10 heteroatoms. The van der Waals surface area contributed by atoms with Crippen LogP contribution in [-0.2, 0) is 9.84 Å². The first kappa shape index (κ1) is 21.1. The zero-order valence-electron chi connectivity index (χ0n) is 16.0.